The van der Waals surface area contributed by atoms with Crippen molar-refractivity contribution in [2.75, 3.05) is 31.1 Å². The zero-order valence-electron chi connectivity index (χ0n) is 18.9. The number of carbonyl (C=O) groups is 1. The summed E-state index contributed by atoms with van der Waals surface area (Å²) in [6.07, 6.45) is -4.41. The van der Waals surface area contributed by atoms with E-state index in [1.54, 1.807) is 12.1 Å². The maximum Gasteiger partial charge on any atom is 0.416 e. The number of halogens is 3. The van der Waals surface area contributed by atoms with Gasteiger partial charge in [0.2, 0.25) is 0 Å². The fraction of sp³-hybridized carbons (Fsp3) is 0.240. The summed E-state index contributed by atoms with van der Waals surface area (Å²) in [6.45, 7) is 2.23. The summed E-state index contributed by atoms with van der Waals surface area (Å²) in [7, 11) is 0. The molecule has 188 valence electrons. The Kier molecular flexibility index (Phi) is 7.11. The summed E-state index contributed by atoms with van der Waals surface area (Å²) in [5.41, 5.74) is 0.263. The number of nitrogens with zero attached hydrogens (tertiary/aromatic N) is 3. The zero-order valence-corrected chi connectivity index (χ0v) is 18.9. The minimum atomic E-state index is -4.41. The third kappa shape index (κ3) is 5.92. The highest BCUT2D eigenvalue weighted by Crippen LogP contribution is 2.33. The Morgan fingerprint density at radius 3 is 2.25 bits per heavy atom. The largest absolute Gasteiger partial charge is 0.478 e. The number of benzene rings is 3. The molecular weight excluding hydrogens is 479 g/mol. The monoisotopic (exact) mass is 501 g/mol. The molecule has 1 saturated heterocycles. The van der Waals surface area contributed by atoms with Crippen molar-refractivity contribution in [1.82, 2.24) is 4.90 Å². The van der Waals surface area contributed by atoms with E-state index >= 15 is 0 Å². The van der Waals surface area contributed by atoms with Crippen molar-refractivity contribution in [3.63, 3.8) is 0 Å². The summed E-state index contributed by atoms with van der Waals surface area (Å²) in [5.74, 6) is -0.317. The van der Waals surface area contributed by atoms with Gasteiger partial charge in [0, 0.05) is 50.0 Å². The number of hydrogen-bond acceptors (Lipinski definition) is 6. The van der Waals surface area contributed by atoms with Crippen molar-refractivity contribution in [3.05, 3.63) is 93.5 Å². The molecule has 36 heavy (non-hydrogen) atoms. The smallest absolute Gasteiger partial charge is 0.416 e. The lowest BCUT2D eigenvalue weighted by atomic mass is 10.1. The Hall–Kier alpha value is -4.12. The van der Waals surface area contributed by atoms with Gasteiger partial charge < -0.3 is 14.7 Å². The van der Waals surface area contributed by atoms with Gasteiger partial charge in [-0.1, -0.05) is 6.07 Å². The van der Waals surface area contributed by atoms with Crippen LogP contribution in [-0.4, -0.2) is 47.1 Å². The SMILES string of the molecule is O=C(O)c1ccc(Oc2ccc([N+](=O)[O-])c(CN3CCN(c4cccc(C(F)(F)F)c4)CC3)c2)cc1. The van der Waals surface area contributed by atoms with E-state index in [-0.39, 0.29) is 17.8 Å². The third-order valence-corrected chi connectivity index (χ3v) is 5.89. The molecule has 3 aromatic rings. The van der Waals surface area contributed by atoms with E-state index in [1.807, 2.05) is 9.80 Å². The number of aromatic carboxylic acids is 1. The number of piperazine rings is 1. The first-order valence-corrected chi connectivity index (χ1v) is 11.0. The Labute approximate surface area is 204 Å². The van der Waals surface area contributed by atoms with Crippen LogP contribution in [-0.2, 0) is 12.7 Å². The van der Waals surface area contributed by atoms with E-state index < -0.39 is 22.6 Å². The molecule has 0 bridgehead atoms. The molecule has 0 spiro atoms. The van der Waals surface area contributed by atoms with Crippen LogP contribution in [0.1, 0.15) is 21.5 Å². The van der Waals surface area contributed by atoms with E-state index in [4.69, 9.17) is 9.84 Å². The number of nitro benzene ring substituents is 1. The van der Waals surface area contributed by atoms with Crippen molar-refractivity contribution in [2.45, 2.75) is 12.7 Å². The van der Waals surface area contributed by atoms with Crippen LogP contribution in [0.15, 0.2) is 66.7 Å². The van der Waals surface area contributed by atoms with Crippen LogP contribution in [0.3, 0.4) is 0 Å². The molecule has 8 nitrogen and oxygen atoms in total. The molecule has 1 aliphatic rings. The van der Waals surface area contributed by atoms with E-state index in [9.17, 15) is 28.1 Å². The average molecular weight is 501 g/mol. The van der Waals surface area contributed by atoms with E-state index in [0.29, 0.717) is 48.9 Å². The van der Waals surface area contributed by atoms with E-state index in [2.05, 4.69) is 0 Å². The quantitative estimate of drug-likeness (QED) is 0.341. The van der Waals surface area contributed by atoms with Crippen LogP contribution < -0.4 is 9.64 Å². The highest BCUT2D eigenvalue weighted by atomic mass is 19.4. The average Bonchev–Trinajstić information content (AvgIpc) is 2.84. The Morgan fingerprint density at radius 1 is 0.972 bits per heavy atom. The minimum Gasteiger partial charge on any atom is -0.478 e. The van der Waals surface area contributed by atoms with Crippen LogP contribution >= 0.6 is 0 Å². The van der Waals surface area contributed by atoms with Crippen molar-refractivity contribution in [2.24, 2.45) is 0 Å². The molecule has 1 heterocycles. The zero-order chi connectivity index (χ0) is 25.9. The highest BCUT2D eigenvalue weighted by Gasteiger charge is 2.31. The summed E-state index contributed by atoms with van der Waals surface area (Å²) in [6, 6.07) is 15.4. The number of ether oxygens (including phenoxy) is 1. The molecule has 0 radical (unpaired) electrons. The molecule has 11 heteroatoms. The fourth-order valence-electron chi connectivity index (χ4n) is 4.02. The number of alkyl halides is 3. The van der Waals surface area contributed by atoms with Gasteiger partial charge >= 0.3 is 12.1 Å². The molecular formula is C25H22F3N3O5. The minimum absolute atomic E-state index is 0.0658. The number of nitro groups is 1. The number of hydrogen-bond donors (Lipinski definition) is 1. The van der Waals surface area contributed by atoms with Gasteiger partial charge in [0.1, 0.15) is 11.5 Å². The summed E-state index contributed by atoms with van der Waals surface area (Å²) in [5, 5.41) is 20.6. The molecule has 1 N–H and O–H groups in total. The predicted octanol–water partition coefficient (Wildman–Crippen LogP) is 5.43. The number of anilines is 1. The lowest BCUT2D eigenvalue weighted by Crippen LogP contribution is -2.46. The topological polar surface area (TPSA) is 96.1 Å². The van der Waals surface area contributed by atoms with Crippen LogP contribution in [0.2, 0.25) is 0 Å². The van der Waals surface area contributed by atoms with Gasteiger partial charge in [-0.15, -0.1) is 0 Å². The molecule has 0 unspecified atom stereocenters. The molecule has 0 aromatic heterocycles. The number of carboxylic acids is 1. The third-order valence-electron chi connectivity index (χ3n) is 5.89. The first-order valence-electron chi connectivity index (χ1n) is 11.0. The van der Waals surface area contributed by atoms with Crippen LogP contribution in [0, 0.1) is 10.1 Å². The molecule has 0 saturated carbocycles. The number of carboxylic acid groups (broad SMARTS) is 1. The second-order valence-electron chi connectivity index (χ2n) is 8.29. The van der Waals surface area contributed by atoms with Gasteiger partial charge in [0.15, 0.2) is 0 Å². The lowest BCUT2D eigenvalue weighted by Gasteiger charge is -2.36. The fourth-order valence-corrected chi connectivity index (χ4v) is 4.02. The molecule has 1 aliphatic heterocycles. The molecule has 3 aromatic carbocycles. The van der Waals surface area contributed by atoms with E-state index in [1.165, 1.54) is 42.5 Å². The first kappa shape index (κ1) is 25.0. The lowest BCUT2D eigenvalue weighted by molar-refractivity contribution is -0.385. The normalized spacial score (nSPS) is 14.5. The molecule has 0 aliphatic carbocycles. The van der Waals surface area contributed by atoms with Gasteiger partial charge in [0.25, 0.3) is 5.69 Å². The van der Waals surface area contributed by atoms with Crippen molar-refractivity contribution in [3.8, 4) is 11.5 Å². The van der Waals surface area contributed by atoms with Crippen LogP contribution in [0.25, 0.3) is 0 Å². The van der Waals surface area contributed by atoms with Gasteiger partial charge in [-0.3, -0.25) is 15.0 Å². The van der Waals surface area contributed by atoms with Crippen molar-refractivity contribution in [1.29, 1.82) is 0 Å². The van der Waals surface area contributed by atoms with Gasteiger partial charge in [-0.2, -0.15) is 13.2 Å². The van der Waals surface area contributed by atoms with Gasteiger partial charge in [0.05, 0.1) is 16.1 Å². The Morgan fingerprint density at radius 2 is 1.64 bits per heavy atom. The first-order chi connectivity index (χ1) is 17.1. The number of rotatable bonds is 7. The van der Waals surface area contributed by atoms with Crippen molar-refractivity contribution >= 4 is 17.3 Å². The highest BCUT2D eigenvalue weighted by molar-refractivity contribution is 5.87. The molecule has 0 atom stereocenters. The molecule has 4 rings (SSSR count). The molecule has 1 fully saturated rings. The molecule has 0 amide bonds. The predicted molar refractivity (Wildman–Crippen MR) is 126 cm³/mol. The van der Waals surface area contributed by atoms with Gasteiger partial charge in [-0.25, -0.2) is 4.79 Å². The van der Waals surface area contributed by atoms with Crippen molar-refractivity contribution < 1.29 is 32.7 Å². The van der Waals surface area contributed by atoms with Gasteiger partial charge in [-0.05, 0) is 54.6 Å². The summed E-state index contributed by atoms with van der Waals surface area (Å²) in [4.78, 5) is 26.0. The second kappa shape index (κ2) is 10.2. The second-order valence-corrected chi connectivity index (χ2v) is 8.29. The summed E-state index contributed by atoms with van der Waals surface area (Å²) >= 11 is 0. The van der Waals surface area contributed by atoms with E-state index in [0.717, 1.165) is 12.1 Å². The van der Waals surface area contributed by atoms with Crippen LogP contribution in [0.5, 0.6) is 11.5 Å². The van der Waals surface area contributed by atoms with Crippen LogP contribution in [0.4, 0.5) is 24.5 Å². The Balaban J connectivity index is 1.44. The maximum absolute atomic E-state index is 13.0. The standard InChI is InChI=1S/C25H22F3N3O5/c26-25(27,28)19-2-1-3-20(15-19)30-12-10-29(11-13-30)16-18-14-22(8-9-23(18)31(34)35)36-21-6-4-17(5-7-21)24(32)33/h1-9,14-15H,10-13,16H2,(H,32,33). The summed E-state index contributed by atoms with van der Waals surface area (Å²) < 4.78 is 44.9. The Bertz CT molecular complexity index is 1260. The maximum atomic E-state index is 13.0.